The van der Waals surface area contributed by atoms with Gasteiger partial charge in [-0.25, -0.2) is 9.07 Å². The van der Waals surface area contributed by atoms with Crippen LogP contribution in [-0.4, -0.2) is 20.3 Å². The first-order valence-electron chi connectivity index (χ1n) is 10.1. The molecule has 2 aromatic carbocycles. The number of rotatable bonds is 6. The van der Waals surface area contributed by atoms with Gasteiger partial charge in [-0.3, -0.25) is 9.59 Å². The maximum atomic E-state index is 14.2. The number of nitrogens with one attached hydrogen (secondary N) is 1. The Morgan fingerprint density at radius 3 is 2.66 bits per heavy atom. The Morgan fingerprint density at radius 1 is 1.12 bits per heavy atom. The van der Waals surface area contributed by atoms with Crippen LogP contribution in [0.2, 0.25) is 5.02 Å². The fraction of sp³-hybridized carbons (Fsp3) is 0.208. The number of amides is 1. The minimum absolute atomic E-state index is 0.202. The maximum absolute atomic E-state index is 14.2. The number of fused-ring (bicyclic) bond motifs is 1. The minimum Gasteiger partial charge on any atom is -0.350 e. The molecule has 0 aliphatic carbocycles. The number of aryl methyl sites for hydroxylation is 2. The van der Waals surface area contributed by atoms with E-state index in [2.05, 4.69) is 10.4 Å². The van der Waals surface area contributed by atoms with Gasteiger partial charge in [0.2, 0.25) is 5.91 Å². The second kappa shape index (κ2) is 8.96. The molecule has 2 heterocycles. The number of benzene rings is 2. The first kappa shape index (κ1) is 21.8. The van der Waals surface area contributed by atoms with Gasteiger partial charge in [-0.1, -0.05) is 41.9 Å². The summed E-state index contributed by atoms with van der Waals surface area (Å²) in [6, 6.07) is 13.7. The molecule has 0 aliphatic rings. The molecule has 0 aliphatic heterocycles. The molecule has 0 saturated heterocycles. The Hall–Kier alpha value is -3.45. The van der Waals surface area contributed by atoms with Gasteiger partial charge in [-0.2, -0.15) is 5.10 Å². The van der Waals surface area contributed by atoms with Crippen LogP contribution in [0.4, 0.5) is 4.39 Å². The van der Waals surface area contributed by atoms with Crippen molar-refractivity contribution in [2.75, 3.05) is 0 Å². The van der Waals surface area contributed by atoms with Gasteiger partial charge in [0.15, 0.2) is 0 Å². The van der Waals surface area contributed by atoms with E-state index in [0.29, 0.717) is 40.1 Å². The van der Waals surface area contributed by atoms with Crippen molar-refractivity contribution in [3.05, 3.63) is 98.4 Å². The molecule has 0 radical (unpaired) electrons. The van der Waals surface area contributed by atoms with E-state index in [1.54, 1.807) is 42.6 Å². The standard InChI is InChI=1S/C24H22ClFN4O2/c1-15-20-12-28-30(14-22(31)27-11-17-6-5-8-19(25)10-17)24(32)23(20)16(2)29(15)13-18-7-3-4-9-21(18)26/h3-10,12H,11,13-14H2,1-2H3,(H,27,31). The van der Waals surface area contributed by atoms with Crippen LogP contribution in [0.15, 0.2) is 59.5 Å². The molecule has 32 heavy (non-hydrogen) atoms. The summed E-state index contributed by atoms with van der Waals surface area (Å²) in [7, 11) is 0. The average molecular weight is 453 g/mol. The summed E-state index contributed by atoms with van der Waals surface area (Å²) in [5.74, 6) is -0.630. The maximum Gasteiger partial charge on any atom is 0.276 e. The molecular formula is C24H22ClFN4O2. The van der Waals surface area contributed by atoms with E-state index in [-0.39, 0.29) is 23.8 Å². The van der Waals surface area contributed by atoms with E-state index in [9.17, 15) is 14.0 Å². The van der Waals surface area contributed by atoms with E-state index in [1.165, 1.54) is 6.07 Å². The Kier molecular flexibility index (Phi) is 6.10. The smallest absolute Gasteiger partial charge is 0.276 e. The topological polar surface area (TPSA) is 68.9 Å². The van der Waals surface area contributed by atoms with Crippen LogP contribution >= 0.6 is 11.6 Å². The summed E-state index contributed by atoms with van der Waals surface area (Å²) in [5, 5.41) is 8.73. The van der Waals surface area contributed by atoms with Gasteiger partial charge in [0.05, 0.1) is 18.1 Å². The number of aromatic nitrogens is 3. The molecule has 164 valence electrons. The highest BCUT2D eigenvalue weighted by Crippen LogP contribution is 2.23. The number of carbonyl (C=O) groups is 1. The van der Waals surface area contributed by atoms with E-state index in [1.807, 2.05) is 24.5 Å². The predicted molar refractivity (Wildman–Crippen MR) is 122 cm³/mol. The third-order valence-corrected chi connectivity index (χ3v) is 5.80. The van der Waals surface area contributed by atoms with Gasteiger partial charge in [-0.05, 0) is 37.6 Å². The molecule has 2 aromatic heterocycles. The summed E-state index contributed by atoms with van der Waals surface area (Å²) in [4.78, 5) is 25.5. The van der Waals surface area contributed by atoms with Crippen molar-refractivity contribution < 1.29 is 9.18 Å². The molecule has 0 saturated carbocycles. The minimum atomic E-state index is -0.353. The van der Waals surface area contributed by atoms with E-state index in [4.69, 9.17) is 11.6 Å². The largest absolute Gasteiger partial charge is 0.350 e. The summed E-state index contributed by atoms with van der Waals surface area (Å²) >= 11 is 5.96. The van der Waals surface area contributed by atoms with Crippen LogP contribution in [0.1, 0.15) is 22.5 Å². The Bertz CT molecular complexity index is 1380. The number of halogens is 2. The lowest BCUT2D eigenvalue weighted by Crippen LogP contribution is -2.33. The normalized spacial score (nSPS) is 11.1. The van der Waals surface area contributed by atoms with Crippen molar-refractivity contribution in [1.82, 2.24) is 19.7 Å². The fourth-order valence-electron chi connectivity index (χ4n) is 3.83. The van der Waals surface area contributed by atoms with Crippen molar-refractivity contribution in [2.24, 2.45) is 0 Å². The Morgan fingerprint density at radius 2 is 1.91 bits per heavy atom. The highest BCUT2D eigenvalue weighted by atomic mass is 35.5. The second-order valence-corrected chi connectivity index (χ2v) is 8.09. The zero-order valence-electron chi connectivity index (χ0n) is 17.7. The van der Waals surface area contributed by atoms with Gasteiger partial charge in [0.25, 0.3) is 5.56 Å². The monoisotopic (exact) mass is 452 g/mol. The molecule has 1 N–H and O–H groups in total. The van der Waals surface area contributed by atoms with Crippen molar-refractivity contribution in [3.63, 3.8) is 0 Å². The number of hydrogen-bond acceptors (Lipinski definition) is 3. The number of hydrogen-bond donors (Lipinski definition) is 1. The average Bonchev–Trinajstić information content (AvgIpc) is 3.01. The lowest BCUT2D eigenvalue weighted by Gasteiger charge is -2.10. The molecule has 0 unspecified atom stereocenters. The molecule has 6 nitrogen and oxygen atoms in total. The van der Waals surface area contributed by atoms with Crippen molar-refractivity contribution >= 4 is 28.3 Å². The van der Waals surface area contributed by atoms with Gasteiger partial charge in [0.1, 0.15) is 12.4 Å². The van der Waals surface area contributed by atoms with Crippen LogP contribution in [0.3, 0.4) is 0 Å². The predicted octanol–water partition coefficient (Wildman–Crippen LogP) is 3.97. The Labute approximate surface area is 189 Å². The zero-order valence-corrected chi connectivity index (χ0v) is 18.5. The zero-order chi connectivity index (χ0) is 22.8. The molecule has 1 amide bonds. The molecule has 4 rings (SSSR count). The summed E-state index contributed by atoms with van der Waals surface area (Å²) < 4.78 is 17.2. The molecule has 4 aromatic rings. The van der Waals surface area contributed by atoms with E-state index < -0.39 is 0 Å². The molecular weight excluding hydrogens is 431 g/mol. The molecule has 0 fully saturated rings. The van der Waals surface area contributed by atoms with Crippen LogP contribution in [-0.2, 0) is 24.4 Å². The molecule has 0 atom stereocenters. The van der Waals surface area contributed by atoms with Crippen LogP contribution in [0, 0.1) is 19.7 Å². The van der Waals surface area contributed by atoms with Crippen LogP contribution in [0.5, 0.6) is 0 Å². The van der Waals surface area contributed by atoms with Crippen molar-refractivity contribution in [1.29, 1.82) is 0 Å². The second-order valence-electron chi connectivity index (χ2n) is 7.65. The first-order valence-corrected chi connectivity index (χ1v) is 10.5. The highest BCUT2D eigenvalue weighted by Gasteiger charge is 2.18. The van der Waals surface area contributed by atoms with Gasteiger partial charge in [0, 0.05) is 33.9 Å². The van der Waals surface area contributed by atoms with E-state index >= 15 is 0 Å². The molecule has 0 bridgehead atoms. The number of carbonyl (C=O) groups excluding carboxylic acids is 1. The lowest BCUT2D eigenvalue weighted by atomic mass is 10.2. The SMILES string of the molecule is Cc1c2cnn(CC(=O)NCc3cccc(Cl)c3)c(=O)c2c(C)n1Cc1ccccc1F. The lowest BCUT2D eigenvalue weighted by molar-refractivity contribution is -0.122. The molecule has 0 spiro atoms. The summed E-state index contributed by atoms with van der Waals surface area (Å²) in [6.45, 7) is 4.10. The van der Waals surface area contributed by atoms with Gasteiger partial charge >= 0.3 is 0 Å². The van der Waals surface area contributed by atoms with E-state index in [0.717, 1.165) is 15.9 Å². The fourth-order valence-corrected chi connectivity index (χ4v) is 4.04. The first-order chi connectivity index (χ1) is 15.3. The van der Waals surface area contributed by atoms with Gasteiger partial charge < -0.3 is 9.88 Å². The number of nitrogens with zero attached hydrogens (tertiary/aromatic N) is 3. The third kappa shape index (κ3) is 4.29. The van der Waals surface area contributed by atoms with Gasteiger partial charge in [-0.15, -0.1) is 0 Å². The summed E-state index contributed by atoms with van der Waals surface area (Å²) in [6.07, 6.45) is 1.58. The summed E-state index contributed by atoms with van der Waals surface area (Å²) in [5.41, 5.74) is 2.57. The van der Waals surface area contributed by atoms with Crippen LogP contribution in [0.25, 0.3) is 10.8 Å². The third-order valence-electron chi connectivity index (χ3n) is 5.56. The highest BCUT2D eigenvalue weighted by molar-refractivity contribution is 6.30. The van der Waals surface area contributed by atoms with Crippen molar-refractivity contribution in [2.45, 2.75) is 33.5 Å². The Balaban J connectivity index is 1.58. The quantitative estimate of drug-likeness (QED) is 0.481. The molecule has 8 heteroatoms. The van der Waals surface area contributed by atoms with Crippen molar-refractivity contribution in [3.8, 4) is 0 Å². The van der Waals surface area contributed by atoms with Crippen LogP contribution < -0.4 is 10.9 Å².